The van der Waals surface area contributed by atoms with Crippen molar-refractivity contribution in [3.63, 3.8) is 0 Å². The van der Waals surface area contributed by atoms with Gasteiger partial charge in [-0.15, -0.1) is 10.2 Å². The van der Waals surface area contributed by atoms with Gasteiger partial charge in [0.1, 0.15) is 5.82 Å². The number of imidazole rings is 1. The number of nitrogens with zero attached hydrogens (tertiary/aromatic N) is 5. The Morgan fingerprint density at radius 3 is 2.92 bits per heavy atom. The Balaban J connectivity index is 1.60. The van der Waals surface area contributed by atoms with Crippen molar-refractivity contribution in [3.8, 4) is 0 Å². The molecule has 0 spiro atoms. The number of aliphatic hydroxyl groups is 1. The lowest BCUT2D eigenvalue weighted by molar-refractivity contribution is 0.276. The third-order valence-electron chi connectivity index (χ3n) is 4.08. The Morgan fingerprint density at radius 2 is 2.17 bits per heavy atom. The molecule has 1 aromatic carbocycles. The highest BCUT2D eigenvalue weighted by atomic mass is 35.5. The minimum atomic E-state index is 0.0362. The predicted octanol–water partition coefficient (Wildman–Crippen LogP) is 2.16. The molecule has 0 saturated heterocycles. The van der Waals surface area contributed by atoms with Gasteiger partial charge in [0.15, 0.2) is 5.82 Å². The van der Waals surface area contributed by atoms with Crippen molar-refractivity contribution in [3.05, 3.63) is 34.9 Å². The predicted molar refractivity (Wildman–Crippen MR) is 93.5 cm³/mol. The van der Waals surface area contributed by atoms with E-state index in [1.165, 1.54) is 11.8 Å². The summed E-state index contributed by atoms with van der Waals surface area (Å²) < 4.78 is 3.56. The van der Waals surface area contributed by atoms with Crippen LogP contribution in [0.3, 0.4) is 0 Å². The fourth-order valence-electron chi connectivity index (χ4n) is 2.74. The molecule has 1 aliphatic rings. The quantitative estimate of drug-likeness (QED) is 0.514. The van der Waals surface area contributed by atoms with Crippen LogP contribution >= 0.6 is 23.4 Å². The van der Waals surface area contributed by atoms with E-state index in [1.807, 2.05) is 22.8 Å². The molecule has 3 N–H and O–H groups in total. The Bertz CT molecular complexity index is 888. The number of thioether (sulfide) groups is 1. The second-order valence-corrected chi connectivity index (χ2v) is 7.19. The van der Waals surface area contributed by atoms with Gasteiger partial charge in [-0.25, -0.2) is 9.66 Å². The maximum absolute atomic E-state index is 9.36. The van der Waals surface area contributed by atoms with E-state index < -0.39 is 0 Å². The zero-order chi connectivity index (χ0) is 16.7. The number of hydrogen-bond donors (Lipinski definition) is 2. The summed E-state index contributed by atoms with van der Waals surface area (Å²) in [5.74, 6) is 8.84. The highest BCUT2D eigenvalue weighted by Crippen LogP contribution is 2.39. The highest BCUT2D eigenvalue weighted by Gasteiger charge is 2.30. The average Bonchev–Trinajstić information content (AvgIpc) is 3.27. The Hall–Kier alpha value is -1.77. The van der Waals surface area contributed by atoms with Gasteiger partial charge in [-0.05, 0) is 31.0 Å². The van der Waals surface area contributed by atoms with Crippen molar-refractivity contribution in [1.29, 1.82) is 0 Å². The van der Waals surface area contributed by atoms with Gasteiger partial charge in [0, 0.05) is 17.5 Å². The summed E-state index contributed by atoms with van der Waals surface area (Å²) in [6, 6.07) is 5.57. The van der Waals surface area contributed by atoms with Crippen molar-refractivity contribution in [2.75, 3.05) is 12.4 Å². The normalized spacial score (nSPS) is 14.6. The Labute approximate surface area is 147 Å². The first kappa shape index (κ1) is 15.7. The largest absolute Gasteiger partial charge is 0.395 e. The molecule has 1 fully saturated rings. The van der Waals surface area contributed by atoms with Crippen LogP contribution in [-0.2, 0) is 12.3 Å². The topological polar surface area (TPSA) is 94.8 Å². The molecule has 24 heavy (non-hydrogen) atoms. The number of rotatable bonds is 6. The number of benzene rings is 1. The third kappa shape index (κ3) is 2.85. The fourth-order valence-corrected chi connectivity index (χ4v) is 3.72. The van der Waals surface area contributed by atoms with Gasteiger partial charge in [-0.3, -0.25) is 0 Å². The van der Waals surface area contributed by atoms with Gasteiger partial charge in [-0.2, -0.15) is 0 Å². The molecule has 0 bridgehead atoms. The van der Waals surface area contributed by atoms with E-state index in [4.69, 9.17) is 17.4 Å². The number of aliphatic hydroxyl groups excluding tert-OH is 1. The van der Waals surface area contributed by atoms with Gasteiger partial charge < -0.3 is 15.5 Å². The van der Waals surface area contributed by atoms with E-state index in [0.717, 1.165) is 35.5 Å². The van der Waals surface area contributed by atoms with Crippen LogP contribution in [0, 0.1) is 0 Å². The summed E-state index contributed by atoms with van der Waals surface area (Å²) in [4.78, 5) is 4.65. The summed E-state index contributed by atoms with van der Waals surface area (Å²) in [6.07, 6.45) is 2.26. The molecule has 126 valence electrons. The molecule has 1 saturated carbocycles. The summed E-state index contributed by atoms with van der Waals surface area (Å²) in [6.45, 7) is 0.504. The first-order chi connectivity index (χ1) is 11.7. The molecule has 1 aliphatic carbocycles. The molecule has 2 heterocycles. The molecule has 3 aromatic rings. The molecule has 4 rings (SSSR count). The molecule has 7 nitrogen and oxygen atoms in total. The molecule has 0 aliphatic heterocycles. The van der Waals surface area contributed by atoms with Crippen LogP contribution in [0.4, 0.5) is 0 Å². The van der Waals surface area contributed by atoms with Crippen LogP contribution < -0.4 is 5.84 Å². The zero-order valence-corrected chi connectivity index (χ0v) is 14.5. The van der Waals surface area contributed by atoms with Crippen molar-refractivity contribution < 1.29 is 5.11 Å². The van der Waals surface area contributed by atoms with E-state index in [2.05, 4.69) is 15.2 Å². The van der Waals surface area contributed by atoms with Crippen LogP contribution in [0.2, 0.25) is 5.02 Å². The van der Waals surface area contributed by atoms with Crippen LogP contribution in [0.5, 0.6) is 0 Å². The number of nitrogens with two attached hydrogens (primary N) is 1. The van der Waals surface area contributed by atoms with Crippen molar-refractivity contribution in [2.45, 2.75) is 36.2 Å². The van der Waals surface area contributed by atoms with Crippen LogP contribution in [0.15, 0.2) is 23.4 Å². The average molecular weight is 365 g/mol. The highest BCUT2D eigenvalue weighted by molar-refractivity contribution is 7.98. The Morgan fingerprint density at radius 1 is 1.33 bits per heavy atom. The fraction of sp³-hybridized carbons (Fsp3) is 0.400. The van der Waals surface area contributed by atoms with E-state index in [0.29, 0.717) is 28.4 Å². The van der Waals surface area contributed by atoms with Gasteiger partial charge >= 0.3 is 0 Å². The molecular formula is C15H17ClN6OS. The lowest BCUT2D eigenvalue weighted by atomic mass is 10.3. The van der Waals surface area contributed by atoms with E-state index in [9.17, 15) is 5.11 Å². The number of hydrogen-bond acceptors (Lipinski definition) is 6. The zero-order valence-electron chi connectivity index (χ0n) is 12.9. The third-order valence-corrected chi connectivity index (χ3v) is 5.25. The molecule has 0 radical (unpaired) electrons. The molecule has 2 aromatic heterocycles. The number of halogens is 1. The van der Waals surface area contributed by atoms with Crippen LogP contribution in [-0.4, -0.2) is 36.1 Å². The monoisotopic (exact) mass is 364 g/mol. The maximum atomic E-state index is 9.36. The van der Waals surface area contributed by atoms with Crippen molar-refractivity contribution in [2.24, 2.45) is 0 Å². The molecule has 0 unspecified atom stereocenters. The lowest BCUT2D eigenvalue weighted by Gasteiger charge is -2.07. The number of fused-ring (bicyclic) bond motifs is 1. The molecule has 9 heteroatoms. The van der Waals surface area contributed by atoms with Gasteiger partial charge in [-0.1, -0.05) is 23.4 Å². The summed E-state index contributed by atoms with van der Waals surface area (Å²) in [7, 11) is 0. The Kier molecular flexibility index (Phi) is 4.11. The van der Waals surface area contributed by atoms with Crippen molar-refractivity contribution >= 4 is 34.4 Å². The minimum Gasteiger partial charge on any atom is -0.395 e. The lowest BCUT2D eigenvalue weighted by Crippen LogP contribution is -2.13. The summed E-state index contributed by atoms with van der Waals surface area (Å²) in [5, 5.41) is 19.0. The number of nitrogen functional groups attached to an aromatic ring is 1. The first-order valence-electron chi connectivity index (χ1n) is 7.76. The van der Waals surface area contributed by atoms with Gasteiger partial charge in [0.05, 0.1) is 23.4 Å². The van der Waals surface area contributed by atoms with Crippen LogP contribution in [0.1, 0.15) is 30.4 Å². The maximum Gasteiger partial charge on any atom is 0.210 e. The van der Waals surface area contributed by atoms with E-state index >= 15 is 0 Å². The molecule has 0 amide bonds. The second-order valence-electron chi connectivity index (χ2n) is 5.81. The SMILES string of the molecule is Nn1c(SCc2nc3ccc(Cl)cc3n2CCO)nnc1C1CC1. The molecule has 0 atom stereocenters. The second kappa shape index (κ2) is 6.27. The van der Waals surface area contributed by atoms with Crippen LogP contribution in [0.25, 0.3) is 11.0 Å². The standard InChI is InChI=1S/C15H17ClN6OS/c16-10-3-4-11-12(7-10)21(5-6-23)13(18-11)8-24-15-20-19-14(22(15)17)9-1-2-9/h3-4,7,9,23H,1-2,5-6,8,17H2. The summed E-state index contributed by atoms with van der Waals surface area (Å²) in [5.41, 5.74) is 1.77. The van der Waals surface area contributed by atoms with E-state index in [-0.39, 0.29) is 6.61 Å². The van der Waals surface area contributed by atoms with Gasteiger partial charge in [0.2, 0.25) is 5.16 Å². The van der Waals surface area contributed by atoms with Crippen molar-refractivity contribution in [1.82, 2.24) is 24.4 Å². The van der Waals surface area contributed by atoms with Gasteiger partial charge in [0.25, 0.3) is 0 Å². The smallest absolute Gasteiger partial charge is 0.210 e. The first-order valence-corrected chi connectivity index (χ1v) is 9.12. The molecular weight excluding hydrogens is 348 g/mol. The summed E-state index contributed by atoms with van der Waals surface area (Å²) >= 11 is 7.58. The van der Waals surface area contributed by atoms with E-state index in [1.54, 1.807) is 4.68 Å². The minimum absolute atomic E-state index is 0.0362. The number of aromatic nitrogens is 5.